The number of hydrogen-bond acceptors (Lipinski definition) is 4. The number of hydrogen-bond donors (Lipinski definition) is 3. The summed E-state index contributed by atoms with van der Waals surface area (Å²) in [7, 11) is 0. The minimum atomic E-state index is -1.48. The van der Waals surface area contributed by atoms with E-state index in [0.29, 0.717) is 11.1 Å². The van der Waals surface area contributed by atoms with E-state index in [-0.39, 0.29) is 19.0 Å². The molecular formula is C15H18O4. The first-order valence-electron chi connectivity index (χ1n) is 6.55. The molecule has 4 nitrogen and oxygen atoms in total. The van der Waals surface area contributed by atoms with Crippen LogP contribution in [0.5, 0.6) is 0 Å². The van der Waals surface area contributed by atoms with Crippen molar-refractivity contribution >= 4 is 5.78 Å². The Balaban J connectivity index is 2.32. The number of rotatable bonds is 2. The van der Waals surface area contributed by atoms with Crippen LogP contribution in [0.2, 0.25) is 0 Å². The molecule has 19 heavy (non-hydrogen) atoms. The number of ketones is 1. The second-order valence-electron chi connectivity index (χ2n) is 5.87. The second-order valence-corrected chi connectivity index (χ2v) is 5.87. The lowest BCUT2D eigenvalue weighted by molar-refractivity contribution is -0.138. The van der Waals surface area contributed by atoms with Crippen molar-refractivity contribution in [2.75, 3.05) is 13.2 Å². The van der Waals surface area contributed by atoms with Gasteiger partial charge in [0.1, 0.15) is 5.60 Å². The molecule has 0 saturated heterocycles. The first-order chi connectivity index (χ1) is 8.90. The van der Waals surface area contributed by atoms with Gasteiger partial charge in [-0.05, 0) is 49.0 Å². The highest BCUT2D eigenvalue weighted by Crippen LogP contribution is 2.64. The molecule has 3 aliphatic rings. The third-order valence-corrected chi connectivity index (χ3v) is 4.98. The largest absolute Gasteiger partial charge is 0.392 e. The molecule has 0 radical (unpaired) electrons. The highest BCUT2D eigenvalue weighted by Gasteiger charge is 2.65. The Hall–Kier alpha value is -1.23. The van der Waals surface area contributed by atoms with Crippen molar-refractivity contribution in [1.82, 2.24) is 0 Å². The lowest BCUT2D eigenvalue weighted by Crippen LogP contribution is -2.50. The van der Waals surface area contributed by atoms with Crippen molar-refractivity contribution in [3.05, 3.63) is 33.9 Å². The van der Waals surface area contributed by atoms with E-state index in [1.54, 1.807) is 0 Å². The van der Waals surface area contributed by atoms with Crippen LogP contribution in [0, 0.1) is 5.41 Å². The van der Waals surface area contributed by atoms with E-state index in [2.05, 4.69) is 0 Å². The molecule has 3 N–H and O–H groups in total. The number of aliphatic hydroxyl groups is 3. The normalized spacial score (nSPS) is 32.1. The Labute approximate surface area is 111 Å². The minimum Gasteiger partial charge on any atom is -0.392 e. The molecule has 0 unspecified atom stereocenters. The fourth-order valence-corrected chi connectivity index (χ4v) is 3.60. The first-order valence-corrected chi connectivity index (χ1v) is 6.55. The minimum absolute atomic E-state index is 0.162. The predicted molar refractivity (Wildman–Crippen MR) is 69.3 cm³/mol. The highest BCUT2D eigenvalue weighted by molar-refractivity contribution is 6.11. The van der Waals surface area contributed by atoms with Gasteiger partial charge in [-0.1, -0.05) is 6.08 Å². The molecule has 1 atom stereocenters. The number of carbonyl (C=O) groups is 1. The van der Waals surface area contributed by atoms with Crippen LogP contribution in [0.4, 0.5) is 0 Å². The third-order valence-electron chi connectivity index (χ3n) is 4.98. The van der Waals surface area contributed by atoms with Crippen LogP contribution in [-0.2, 0) is 4.79 Å². The SMILES string of the molecule is CC1=CC2=C(CO)C3(CC3)[C@](C)(O)C(=O)C2=C1CO. The molecule has 0 aliphatic heterocycles. The van der Waals surface area contributed by atoms with E-state index in [1.807, 2.05) is 13.0 Å². The maximum Gasteiger partial charge on any atom is 0.195 e. The van der Waals surface area contributed by atoms with Gasteiger partial charge in [0.15, 0.2) is 5.78 Å². The Morgan fingerprint density at radius 1 is 1.26 bits per heavy atom. The van der Waals surface area contributed by atoms with Crippen molar-refractivity contribution in [3.8, 4) is 0 Å². The number of fused-ring (bicyclic) bond motifs is 1. The molecule has 4 heteroatoms. The average Bonchev–Trinajstić information content (AvgIpc) is 3.08. The van der Waals surface area contributed by atoms with Gasteiger partial charge in [0.25, 0.3) is 0 Å². The van der Waals surface area contributed by atoms with Crippen LogP contribution in [0.3, 0.4) is 0 Å². The van der Waals surface area contributed by atoms with Crippen LogP contribution < -0.4 is 0 Å². The predicted octanol–water partition coefficient (Wildman–Crippen LogP) is 0.638. The van der Waals surface area contributed by atoms with Gasteiger partial charge in [0.2, 0.25) is 0 Å². The molecule has 0 aromatic heterocycles. The fourth-order valence-electron chi connectivity index (χ4n) is 3.60. The van der Waals surface area contributed by atoms with Gasteiger partial charge in [-0.25, -0.2) is 0 Å². The van der Waals surface area contributed by atoms with E-state index in [0.717, 1.165) is 29.6 Å². The van der Waals surface area contributed by atoms with E-state index >= 15 is 0 Å². The lowest BCUT2D eigenvalue weighted by Gasteiger charge is -2.39. The van der Waals surface area contributed by atoms with Gasteiger partial charge in [-0.15, -0.1) is 0 Å². The molecule has 0 bridgehead atoms. The number of carbonyl (C=O) groups excluding carboxylic acids is 1. The van der Waals surface area contributed by atoms with Gasteiger partial charge in [-0.3, -0.25) is 4.79 Å². The zero-order valence-corrected chi connectivity index (χ0v) is 11.2. The maximum atomic E-state index is 12.6. The lowest BCUT2D eigenvalue weighted by atomic mass is 9.67. The summed E-state index contributed by atoms with van der Waals surface area (Å²) < 4.78 is 0. The smallest absolute Gasteiger partial charge is 0.195 e. The van der Waals surface area contributed by atoms with Crippen LogP contribution in [0.25, 0.3) is 0 Å². The van der Waals surface area contributed by atoms with E-state index < -0.39 is 11.0 Å². The van der Waals surface area contributed by atoms with Crippen molar-refractivity contribution < 1.29 is 20.1 Å². The molecule has 3 rings (SSSR count). The van der Waals surface area contributed by atoms with Crippen molar-refractivity contribution in [2.24, 2.45) is 5.41 Å². The van der Waals surface area contributed by atoms with Gasteiger partial charge in [-0.2, -0.15) is 0 Å². The van der Waals surface area contributed by atoms with E-state index in [1.165, 1.54) is 6.92 Å². The highest BCUT2D eigenvalue weighted by atomic mass is 16.3. The van der Waals surface area contributed by atoms with Gasteiger partial charge >= 0.3 is 0 Å². The summed E-state index contributed by atoms with van der Waals surface area (Å²) in [5.74, 6) is -0.325. The molecule has 1 spiro atoms. The zero-order chi connectivity index (χ0) is 14.0. The number of aliphatic hydroxyl groups excluding tert-OH is 2. The van der Waals surface area contributed by atoms with Crippen LogP contribution in [0.1, 0.15) is 26.7 Å². The summed E-state index contributed by atoms with van der Waals surface area (Å²) in [6, 6.07) is 0. The molecule has 0 heterocycles. The van der Waals surface area contributed by atoms with Gasteiger partial charge < -0.3 is 15.3 Å². The van der Waals surface area contributed by atoms with Crippen LogP contribution in [-0.4, -0.2) is 39.9 Å². The topological polar surface area (TPSA) is 77.8 Å². The summed E-state index contributed by atoms with van der Waals surface area (Å²) in [6.45, 7) is 2.98. The third kappa shape index (κ3) is 1.31. The van der Waals surface area contributed by atoms with Crippen molar-refractivity contribution in [3.63, 3.8) is 0 Å². The van der Waals surface area contributed by atoms with E-state index in [4.69, 9.17) is 0 Å². The second kappa shape index (κ2) is 3.66. The summed E-state index contributed by atoms with van der Waals surface area (Å²) in [5, 5.41) is 29.8. The molecule has 0 amide bonds. The monoisotopic (exact) mass is 262 g/mol. The Morgan fingerprint density at radius 2 is 1.89 bits per heavy atom. The summed E-state index contributed by atoms with van der Waals surface area (Å²) in [4.78, 5) is 12.6. The maximum absolute atomic E-state index is 12.6. The Morgan fingerprint density at radius 3 is 2.37 bits per heavy atom. The summed E-state index contributed by atoms with van der Waals surface area (Å²) in [6.07, 6.45) is 3.29. The first kappa shape index (κ1) is 12.8. The summed E-state index contributed by atoms with van der Waals surface area (Å²) >= 11 is 0. The van der Waals surface area contributed by atoms with Crippen LogP contribution >= 0.6 is 0 Å². The Bertz CT molecular complexity index is 571. The number of Topliss-reactive ketones (excluding diaryl/α,β-unsaturated/α-hetero) is 1. The van der Waals surface area contributed by atoms with Crippen molar-refractivity contribution in [1.29, 1.82) is 0 Å². The van der Waals surface area contributed by atoms with E-state index in [9.17, 15) is 20.1 Å². The van der Waals surface area contributed by atoms with Gasteiger partial charge in [0, 0.05) is 11.0 Å². The molecule has 1 fully saturated rings. The standard InChI is InChI=1S/C15H18O4/c1-8-5-9-11(7-17)15(3-4-15)14(2,19)13(18)12(9)10(8)6-16/h5,16-17,19H,3-4,6-7H2,1-2H3/t14-/m1/s1. The molecule has 1 saturated carbocycles. The molecule has 0 aromatic rings. The van der Waals surface area contributed by atoms with Gasteiger partial charge in [0.05, 0.1) is 13.2 Å². The molecule has 0 aromatic carbocycles. The summed E-state index contributed by atoms with van der Waals surface area (Å²) in [5.41, 5.74) is 1.18. The number of allylic oxidation sites excluding steroid dienone is 2. The average molecular weight is 262 g/mol. The van der Waals surface area contributed by atoms with Crippen molar-refractivity contribution in [2.45, 2.75) is 32.3 Å². The quantitative estimate of drug-likeness (QED) is 0.682. The molecular weight excluding hydrogens is 244 g/mol. The molecule has 102 valence electrons. The van der Waals surface area contributed by atoms with Crippen LogP contribution in [0.15, 0.2) is 33.9 Å². The Kier molecular flexibility index (Phi) is 2.46. The molecule has 3 aliphatic carbocycles. The zero-order valence-electron chi connectivity index (χ0n) is 11.2. The fraction of sp³-hybridized carbons (Fsp3) is 0.533.